The lowest BCUT2D eigenvalue weighted by atomic mass is 10.0. The van der Waals surface area contributed by atoms with E-state index in [4.69, 9.17) is 0 Å². The summed E-state index contributed by atoms with van der Waals surface area (Å²) >= 11 is 0. The second-order valence-electron chi connectivity index (χ2n) is 9.10. The van der Waals surface area contributed by atoms with Gasteiger partial charge >= 0.3 is 0 Å². The van der Waals surface area contributed by atoms with Gasteiger partial charge in [-0.25, -0.2) is 15.0 Å². The van der Waals surface area contributed by atoms with E-state index in [0.29, 0.717) is 11.2 Å². The normalized spacial score (nSPS) is 21.2. The first-order valence-electron chi connectivity index (χ1n) is 11.9. The number of carbonyl (C=O) groups is 1. The number of carbonyl (C=O) groups excluding carboxylic acids is 1. The molecule has 0 spiro atoms. The number of hydrogen-bond acceptors (Lipinski definition) is 7. The molecule has 8 heteroatoms. The summed E-state index contributed by atoms with van der Waals surface area (Å²) in [5.74, 6) is 0.668. The van der Waals surface area contributed by atoms with Crippen LogP contribution in [0.3, 0.4) is 0 Å². The zero-order valence-corrected chi connectivity index (χ0v) is 18.3. The third-order valence-corrected chi connectivity index (χ3v) is 6.90. The van der Waals surface area contributed by atoms with Crippen molar-refractivity contribution in [1.29, 1.82) is 0 Å². The van der Waals surface area contributed by atoms with Gasteiger partial charge in [0.1, 0.15) is 11.2 Å². The molecule has 5 rings (SSSR count). The van der Waals surface area contributed by atoms with Gasteiger partial charge in [0.15, 0.2) is 0 Å². The number of anilines is 1. The summed E-state index contributed by atoms with van der Waals surface area (Å²) in [4.78, 5) is 33.7. The molecule has 2 aromatic rings. The highest BCUT2D eigenvalue weighted by atomic mass is 16.1. The molecule has 3 fully saturated rings. The van der Waals surface area contributed by atoms with E-state index in [0.717, 1.165) is 57.0 Å². The van der Waals surface area contributed by atoms with Gasteiger partial charge in [-0.3, -0.25) is 4.79 Å². The number of pyridine rings is 1. The lowest BCUT2D eigenvalue weighted by Crippen LogP contribution is -2.46. The molecule has 3 aliphatic rings. The smallest absolute Gasteiger partial charge is 0.270 e. The largest absolute Gasteiger partial charge is 0.348 e. The molecule has 0 aliphatic carbocycles. The minimum Gasteiger partial charge on any atom is -0.348 e. The van der Waals surface area contributed by atoms with Crippen LogP contribution in [0.15, 0.2) is 18.3 Å². The van der Waals surface area contributed by atoms with Crippen LogP contribution >= 0.6 is 0 Å². The zero-order chi connectivity index (χ0) is 21.0. The zero-order valence-electron chi connectivity index (χ0n) is 18.3. The predicted octanol–water partition coefficient (Wildman–Crippen LogP) is 1.91. The lowest BCUT2D eigenvalue weighted by Gasteiger charge is -2.33. The summed E-state index contributed by atoms with van der Waals surface area (Å²) < 4.78 is 0. The first kappa shape index (κ1) is 20.6. The predicted molar refractivity (Wildman–Crippen MR) is 121 cm³/mol. The minimum atomic E-state index is -0.0963. The summed E-state index contributed by atoms with van der Waals surface area (Å²) in [6.07, 6.45) is 8.83. The SMILES string of the molecule is O=C(NC1CCN(CCN2CCCC2)CC1)c1ccc2nc(N3CCCC3)ncc2n1. The average molecular weight is 424 g/mol. The highest BCUT2D eigenvalue weighted by Gasteiger charge is 2.23. The van der Waals surface area contributed by atoms with Crippen molar-refractivity contribution in [2.75, 3.05) is 57.3 Å². The summed E-state index contributed by atoms with van der Waals surface area (Å²) in [5.41, 5.74) is 1.91. The fourth-order valence-electron chi connectivity index (χ4n) is 4.96. The fraction of sp³-hybridized carbons (Fsp3) is 0.652. The van der Waals surface area contributed by atoms with E-state index in [2.05, 4.69) is 35.0 Å². The topological polar surface area (TPSA) is 77.5 Å². The molecule has 5 heterocycles. The molecule has 0 aromatic carbocycles. The van der Waals surface area contributed by atoms with Crippen molar-refractivity contribution >= 4 is 22.9 Å². The molecule has 2 aromatic heterocycles. The molecule has 1 N–H and O–H groups in total. The second-order valence-corrected chi connectivity index (χ2v) is 9.10. The first-order chi connectivity index (χ1) is 15.2. The van der Waals surface area contributed by atoms with Crippen LogP contribution in [0, 0.1) is 0 Å². The van der Waals surface area contributed by atoms with E-state index < -0.39 is 0 Å². The maximum Gasteiger partial charge on any atom is 0.270 e. The number of nitrogens with zero attached hydrogens (tertiary/aromatic N) is 6. The molecule has 0 atom stereocenters. The van der Waals surface area contributed by atoms with Crippen LogP contribution in [0.4, 0.5) is 5.95 Å². The maximum absolute atomic E-state index is 12.8. The Balaban J connectivity index is 1.13. The second kappa shape index (κ2) is 9.44. The van der Waals surface area contributed by atoms with Gasteiger partial charge < -0.3 is 20.0 Å². The van der Waals surface area contributed by atoms with E-state index in [1.807, 2.05) is 6.07 Å². The van der Waals surface area contributed by atoms with Crippen molar-refractivity contribution in [2.24, 2.45) is 0 Å². The Bertz CT molecular complexity index is 900. The molecular weight excluding hydrogens is 390 g/mol. The Morgan fingerprint density at radius 3 is 2.29 bits per heavy atom. The molecule has 31 heavy (non-hydrogen) atoms. The minimum absolute atomic E-state index is 0.0963. The summed E-state index contributed by atoms with van der Waals surface area (Å²) in [6, 6.07) is 3.89. The molecule has 1 amide bonds. The number of piperidine rings is 1. The van der Waals surface area contributed by atoms with Crippen molar-refractivity contribution in [3.05, 3.63) is 24.0 Å². The van der Waals surface area contributed by atoms with Crippen molar-refractivity contribution < 1.29 is 4.79 Å². The Hall–Kier alpha value is -2.32. The van der Waals surface area contributed by atoms with Crippen LogP contribution in [-0.4, -0.2) is 89.1 Å². The fourth-order valence-corrected chi connectivity index (χ4v) is 4.96. The molecule has 3 aliphatic heterocycles. The van der Waals surface area contributed by atoms with Gasteiger partial charge in [-0.05, 0) is 63.7 Å². The monoisotopic (exact) mass is 423 g/mol. The van der Waals surface area contributed by atoms with Crippen LogP contribution < -0.4 is 10.2 Å². The van der Waals surface area contributed by atoms with E-state index in [1.54, 1.807) is 12.3 Å². The third kappa shape index (κ3) is 4.96. The van der Waals surface area contributed by atoms with Crippen LogP contribution in [0.1, 0.15) is 49.0 Å². The van der Waals surface area contributed by atoms with Crippen molar-refractivity contribution in [3.8, 4) is 0 Å². The van der Waals surface area contributed by atoms with Gasteiger partial charge in [-0.15, -0.1) is 0 Å². The molecule has 0 radical (unpaired) electrons. The molecule has 0 bridgehead atoms. The third-order valence-electron chi connectivity index (χ3n) is 6.90. The molecule has 166 valence electrons. The number of fused-ring (bicyclic) bond motifs is 1. The van der Waals surface area contributed by atoms with E-state index in [1.165, 1.54) is 45.3 Å². The van der Waals surface area contributed by atoms with Crippen LogP contribution in [0.25, 0.3) is 11.0 Å². The van der Waals surface area contributed by atoms with Crippen molar-refractivity contribution in [3.63, 3.8) is 0 Å². The van der Waals surface area contributed by atoms with Crippen LogP contribution in [0.5, 0.6) is 0 Å². The molecule has 0 saturated carbocycles. The van der Waals surface area contributed by atoms with E-state index in [9.17, 15) is 4.79 Å². The lowest BCUT2D eigenvalue weighted by molar-refractivity contribution is 0.0903. The standard InChI is InChI=1S/C23H33N7O/c31-22(25-18-7-13-29(14-8-18)16-15-28-9-1-2-10-28)20-6-5-19-21(26-20)17-24-23(27-19)30-11-3-4-12-30/h5-6,17-18H,1-4,7-16H2,(H,25,31). The average Bonchev–Trinajstić information content (AvgIpc) is 3.52. The Labute approximate surface area is 184 Å². The van der Waals surface area contributed by atoms with Gasteiger partial charge in [0.2, 0.25) is 5.95 Å². The number of rotatable bonds is 6. The number of nitrogens with one attached hydrogen (secondary N) is 1. The quantitative estimate of drug-likeness (QED) is 0.760. The van der Waals surface area contributed by atoms with Crippen LogP contribution in [0.2, 0.25) is 0 Å². The first-order valence-corrected chi connectivity index (χ1v) is 11.9. The Kier molecular flexibility index (Phi) is 6.27. The number of likely N-dealkylation sites (tertiary alicyclic amines) is 2. The number of aromatic nitrogens is 3. The molecule has 3 saturated heterocycles. The van der Waals surface area contributed by atoms with Crippen molar-refractivity contribution in [1.82, 2.24) is 30.1 Å². The van der Waals surface area contributed by atoms with Gasteiger partial charge in [0, 0.05) is 45.3 Å². The van der Waals surface area contributed by atoms with Gasteiger partial charge in [-0.2, -0.15) is 0 Å². The summed E-state index contributed by atoms with van der Waals surface area (Å²) in [5, 5.41) is 3.19. The summed E-state index contributed by atoms with van der Waals surface area (Å²) in [7, 11) is 0. The number of hydrogen-bond donors (Lipinski definition) is 1. The number of amides is 1. The highest BCUT2D eigenvalue weighted by molar-refractivity contribution is 5.94. The van der Waals surface area contributed by atoms with Crippen LogP contribution in [-0.2, 0) is 0 Å². The van der Waals surface area contributed by atoms with E-state index in [-0.39, 0.29) is 11.9 Å². The summed E-state index contributed by atoms with van der Waals surface area (Å²) in [6.45, 7) is 8.97. The van der Waals surface area contributed by atoms with Crippen molar-refractivity contribution in [2.45, 2.75) is 44.6 Å². The Morgan fingerprint density at radius 1 is 0.871 bits per heavy atom. The van der Waals surface area contributed by atoms with Gasteiger partial charge in [0.25, 0.3) is 5.91 Å². The van der Waals surface area contributed by atoms with Gasteiger partial charge in [0.05, 0.1) is 11.7 Å². The Morgan fingerprint density at radius 2 is 1.55 bits per heavy atom. The molecule has 8 nitrogen and oxygen atoms in total. The van der Waals surface area contributed by atoms with Gasteiger partial charge in [-0.1, -0.05) is 0 Å². The van der Waals surface area contributed by atoms with E-state index >= 15 is 0 Å². The molecule has 0 unspecified atom stereocenters. The maximum atomic E-state index is 12.8. The highest BCUT2D eigenvalue weighted by Crippen LogP contribution is 2.19. The molecular formula is C23H33N7O.